The van der Waals surface area contributed by atoms with E-state index in [1.54, 1.807) is 60.5 Å². The Bertz CT molecular complexity index is 1370. The molecule has 1 saturated heterocycles. The van der Waals surface area contributed by atoms with Crippen molar-refractivity contribution in [1.82, 2.24) is 4.90 Å². The number of likely N-dealkylation sites (N-methyl/N-ethyl adjacent to an activating group) is 1. The van der Waals surface area contributed by atoms with Crippen molar-refractivity contribution in [3.63, 3.8) is 0 Å². The molecule has 0 bridgehead atoms. The highest BCUT2D eigenvalue weighted by atomic mass is 35.5. The number of nitro groups is 1. The number of carbonyl (C=O) groups excluding carboxylic acids is 1. The number of carbonyl (C=O) groups is 1. The van der Waals surface area contributed by atoms with Gasteiger partial charge in [0.25, 0.3) is 11.9 Å². The number of amides is 1. The standard InChI is InChI=1S/C26H23ClFN3O5/c1-30-13-18(24(31(33)34)26(30)19-8-3-4-9-21(19)29-25(26)32)16-11-20(27)23(22(12-16)35-2)36-14-15-6-5-7-17(28)10-15/h3-12,18,24H,13-14H2,1-2H3,(H,29,32)/t18-,24+,26-/m0/s1. The van der Waals surface area contributed by atoms with Crippen LogP contribution in [-0.4, -0.2) is 42.5 Å². The summed E-state index contributed by atoms with van der Waals surface area (Å²) in [6.45, 7) is 0.299. The lowest BCUT2D eigenvalue weighted by Crippen LogP contribution is -2.54. The van der Waals surface area contributed by atoms with Gasteiger partial charge in [0.1, 0.15) is 12.4 Å². The minimum absolute atomic E-state index is 0.0525. The molecule has 3 aromatic carbocycles. The first-order valence-corrected chi connectivity index (χ1v) is 11.7. The van der Waals surface area contributed by atoms with Crippen LogP contribution in [0.2, 0.25) is 5.02 Å². The van der Waals surface area contributed by atoms with E-state index in [-0.39, 0.29) is 40.4 Å². The number of rotatable bonds is 6. The Morgan fingerprint density at radius 2 is 2.00 bits per heavy atom. The summed E-state index contributed by atoms with van der Waals surface area (Å²) in [7, 11) is 3.16. The van der Waals surface area contributed by atoms with Crippen LogP contribution in [0.15, 0.2) is 60.7 Å². The number of nitrogens with zero attached hydrogens (tertiary/aromatic N) is 2. The van der Waals surface area contributed by atoms with Crippen molar-refractivity contribution in [2.24, 2.45) is 0 Å². The second-order valence-corrected chi connectivity index (χ2v) is 9.34. The van der Waals surface area contributed by atoms with Crippen molar-refractivity contribution >= 4 is 23.2 Å². The quantitative estimate of drug-likeness (QED) is 0.384. The Labute approximate surface area is 211 Å². The molecule has 1 spiro atoms. The highest BCUT2D eigenvalue weighted by Crippen LogP contribution is 2.53. The molecule has 36 heavy (non-hydrogen) atoms. The van der Waals surface area contributed by atoms with Crippen LogP contribution in [0.25, 0.3) is 0 Å². The van der Waals surface area contributed by atoms with Gasteiger partial charge in [-0.3, -0.25) is 19.8 Å². The maximum atomic E-state index is 13.5. The van der Waals surface area contributed by atoms with Crippen molar-refractivity contribution in [3.05, 3.63) is 98.3 Å². The molecular weight excluding hydrogens is 489 g/mol. The van der Waals surface area contributed by atoms with Gasteiger partial charge in [0.15, 0.2) is 17.0 Å². The van der Waals surface area contributed by atoms with Gasteiger partial charge in [0, 0.05) is 22.7 Å². The average molecular weight is 512 g/mol. The third kappa shape index (κ3) is 3.66. The summed E-state index contributed by atoms with van der Waals surface area (Å²) in [6.07, 6.45) is 0. The van der Waals surface area contributed by atoms with Gasteiger partial charge in [0.2, 0.25) is 0 Å². The zero-order valence-electron chi connectivity index (χ0n) is 19.5. The van der Waals surface area contributed by atoms with Crippen LogP contribution in [0.3, 0.4) is 0 Å². The Morgan fingerprint density at radius 3 is 2.72 bits per heavy atom. The molecule has 2 aliphatic rings. The van der Waals surface area contributed by atoms with Gasteiger partial charge in [-0.15, -0.1) is 0 Å². The van der Waals surface area contributed by atoms with Crippen LogP contribution in [-0.2, 0) is 16.9 Å². The maximum absolute atomic E-state index is 13.5. The molecule has 0 saturated carbocycles. The summed E-state index contributed by atoms with van der Waals surface area (Å²) in [6, 6.07) is 15.0. The zero-order chi connectivity index (χ0) is 25.6. The van der Waals surface area contributed by atoms with Crippen LogP contribution in [0.5, 0.6) is 11.5 Å². The second kappa shape index (κ2) is 9.07. The molecule has 1 amide bonds. The topological polar surface area (TPSA) is 93.9 Å². The Morgan fingerprint density at radius 1 is 1.22 bits per heavy atom. The lowest BCUT2D eigenvalue weighted by molar-refractivity contribution is -0.534. The van der Waals surface area contributed by atoms with Crippen molar-refractivity contribution in [2.45, 2.75) is 24.1 Å². The lowest BCUT2D eigenvalue weighted by Gasteiger charge is -2.30. The molecule has 0 aromatic heterocycles. The molecule has 5 rings (SSSR count). The van der Waals surface area contributed by atoms with E-state index in [0.29, 0.717) is 22.4 Å². The minimum atomic E-state index is -1.46. The summed E-state index contributed by atoms with van der Waals surface area (Å²) in [5, 5.41) is 15.5. The molecule has 2 heterocycles. The summed E-state index contributed by atoms with van der Waals surface area (Å²) >= 11 is 6.57. The number of hydrogen-bond acceptors (Lipinski definition) is 6. The molecule has 3 aromatic rings. The molecule has 0 unspecified atom stereocenters. The summed E-state index contributed by atoms with van der Waals surface area (Å²) < 4.78 is 24.9. The average Bonchev–Trinajstić information content (AvgIpc) is 3.32. The van der Waals surface area contributed by atoms with Crippen LogP contribution in [0.1, 0.15) is 22.6 Å². The van der Waals surface area contributed by atoms with Crippen LogP contribution in [0, 0.1) is 15.9 Å². The van der Waals surface area contributed by atoms with E-state index in [1.807, 2.05) is 0 Å². The predicted octanol–water partition coefficient (Wildman–Crippen LogP) is 4.59. The fourth-order valence-corrected chi connectivity index (χ4v) is 5.73. The maximum Gasteiger partial charge on any atom is 0.256 e. The van der Waals surface area contributed by atoms with Crippen LogP contribution >= 0.6 is 11.6 Å². The fraction of sp³-hybridized carbons (Fsp3) is 0.269. The Kier molecular flexibility index (Phi) is 6.05. The van der Waals surface area contributed by atoms with Crippen molar-refractivity contribution < 1.29 is 23.6 Å². The Hall–Kier alpha value is -3.69. The largest absolute Gasteiger partial charge is 0.493 e. The molecule has 1 N–H and O–H groups in total. The number of benzene rings is 3. The normalized spacial score (nSPS) is 22.9. The summed E-state index contributed by atoms with van der Waals surface area (Å²) in [5.41, 5.74) is 0.846. The first kappa shape index (κ1) is 24.0. The van der Waals surface area contributed by atoms with Gasteiger partial charge in [-0.05, 0) is 48.5 Å². The number of methoxy groups -OCH3 is 1. The number of likely N-dealkylation sites (tertiary alicyclic amines) is 1. The van der Waals surface area contributed by atoms with Crippen LogP contribution in [0.4, 0.5) is 10.1 Å². The highest BCUT2D eigenvalue weighted by molar-refractivity contribution is 6.32. The van der Waals surface area contributed by atoms with Gasteiger partial charge < -0.3 is 14.8 Å². The molecule has 10 heteroatoms. The number of halogens is 2. The number of nitrogens with one attached hydrogen (secondary N) is 1. The molecule has 0 aliphatic carbocycles. The third-order valence-electron chi connectivity index (χ3n) is 6.99. The molecule has 2 aliphatic heterocycles. The zero-order valence-corrected chi connectivity index (χ0v) is 20.3. The van der Waals surface area contributed by atoms with Crippen LogP contribution < -0.4 is 14.8 Å². The van der Waals surface area contributed by atoms with Gasteiger partial charge in [-0.1, -0.05) is 41.9 Å². The first-order chi connectivity index (χ1) is 17.3. The molecule has 0 radical (unpaired) electrons. The van der Waals surface area contributed by atoms with Crippen molar-refractivity contribution in [3.8, 4) is 11.5 Å². The summed E-state index contributed by atoms with van der Waals surface area (Å²) in [5.74, 6) is -0.938. The lowest BCUT2D eigenvalue weighted by atomic mass is 9.79. The minimum Gasteiger partial charge on any atom is -0.493 e. The van der Waals surface area contributed by atoms with Crippen molar-refractivity contribution in [2.75, 3.05) is 26.0 Å². The number of hydrogen-bond donors (Lipinski definition) is 1. The number of para-hydroxylation sites is 1. The van der Waals surface area contributed by atoms with Gasteiger partial charge in [-0.25, -0.2) is 4.39 Å². The summed E-state index contributed by atoms with van der Waals surface area (Å²) in [4.78, 5) is 27.2. The van der Waals surface area contributed by atoms with E-state index in [9.17, 15) is 19.3 Å². The van der Waals surface area contributed by atoms with E-state index >= 15 is 0 Å². The predicted molar refractivity (Wildman–Crippen MR) is 132 cm³/mol. The molecule has 8 nitrogen and oxygen atoms in total. The van der Waals surface area contributed by atoms with E-state index < -0.39 is 23.4 Å². The van der Waals surface area contributed by atoms with E-state index in [0.717, 1.165) is 0 Å². The second-order valence-electron chi connectivity index (χ2n) is 8.94. The van der Waals surface area contributed by atoms with Gasteiger partial charge in [0.05, 0.1) is 18.1 Å². The third-order valence-corrected chi connectivity index (χ3v) is 7.27. The molecule has 3 atom stereocenters. The van der Waals surface area contributed by atoms with Crippen molar-refractivity contribution in [1.29, 1.82) is 0 Å². The number of ether oxygens (including phenoxy) is 2. The van der Waals surface area contributed by atoms with Gasteiger partial charge in [-0.2, -0.15) is 0 Å². The monoisotopic (exact) mass is 511 g/mol. The SMILES string of the molecule is COc1cc([C@@H]2CN(C)[C@]3(C(=O)Nc4ccccc43)[C@@H]2[N+](=O)[O-])cc(Cl)c1OCc1cccc(F)c1. The van der Waals surface area contributed by atoms with E-state index in [1.165, 1.54) is 19.2 Å². The first-order valence-electron chi connectivity index (χ1n) is 11.3. The highest BCUT2D eigenvalue weighted by Gasteiger charge is 2.68. The molecule has 1 fully saturated rings. The number of anilines is 1. The molecular formula is C26H23ClFN3O5. The fourth-order valence-electron chi connectivity index (χ4n) is 5.46. The number of fused-ring (bicyclic) bond motifs is 2. The van der Waals surface area contributed by atoms with E-state index in [2.05, 4.69) is 5.32 Å². The Balaban J connectivity index is 1.53. The smallest absolute Gasteiger partial charge is 0.256 e. The van der Waals surface area contributed by atoms with Gasteiger partial charge >= 0.3 is 0 Å². The molecule has 186 valence electrons. The van der Waals surface area contributed by atoms with E-state index in [4.69, 9.17) is 21.1 Å².